The fourth-order valence-electron chi connectivity index (χ4n) is 5.01. The summed E-state index contributed by atoms with van der Waals surface area (Å²) in [4.78, 5) is 59.6. The van der Waals surface area contributed by atoms with Crippen LogP contribution in [0, 0.1) is 6.92 Å². The Hall–Kier alpha value is -5.43. The third-order valence-corrected chi connectivity index (χ3v) is 8.67. The second kappa shape index (κ2) is 12.7. The predicted octanol–water partition coefficient (Wildman–Crippen LogP) is 3.62. The normalized spacial score (nSPS) is 16.0. The molecule has 4 aromatic rings. The van der Waals surface area contributed by atoms with E-state index in [1.807, 2.05) is 35.1 Å². The van der Waals surface area contributed by atoms with Crippen LogP contribution in [0.4, 0.5) is 0 Å². The summed E-state index contributed by atoms with van der Waals surface area (Å²) >= 11 is 0. The zero-order valence-electron chi connectivity index (χ0n) is 24.3. The van der Waals surface area contributed by atoms with Crippen LogP contribution in [0.2, 0.25) is 0 Å². The molecule has 2 aliphatic heterocycles. The van der Waals surface area contributed by atoms with E-state index >= 15 is 0 Å². The van der Waals surface area contributed by atoms with E-state index in [1.165, 1.54) is 12.1 Å². The van der Waals surface area contributed by atoms with Gasteiger partial charge in [-0.1, -0.05) is 66.7 Å². The van der Waals surface area contributed by atoms with Gasteiger partial charge in [0.2, 0.25) is 17.7 Å². The van der Waals surface area contributed by atoms with Crippen molar-refractivity contribution in [2.24, 2.45) is 0 Å². The topological polar surface area (TPSA) is 173 Å². The smallest absolute Gasteiger partial charge is 0.264 e. The lowest BCUT2D eigenvalue weighted by Crippen LogP contribution is -2.54. The Labute approximate surface area is 258 Å². The van der Waals surface area contributed by atoms with Gasteiger partial charge in [-0.05, 0) is 43.2 Å². The fraction of sp³-hybridized carbons (Fsp3) is 0.188. The maximum Gasteiger partial charge on any atom is 0.264 e. The Balaban J connectivity index is 0.000000186. The van der Waals surface area contributed by atoms with Gasteiger partial charge in [0.25, 0.3) is 21.8 Å². The van der Waals surface area contributed by atoms with Gasteiger partial charge in [-0.2, -0.15) is 0 Å². The average Bonchev–Trinajstić information content (AvgIpc) is 3.54. The monoisotopic (exact) mass is 628 g/mol. The van der Waals surface area contributed by atoms with Crippen LogP contribution in [-0.4, -0.2) is 54.1 Å². The quantitative estimate of drug-likeness (QED) is 0.303. The van der Waals surface area contributed by atoms with Gasteiger partial charge in [0.05, 0.1) is 21.6 Å². The number of nitrogens with one attached hydrogen (secondary N) is 2. The number of aryl methyl sites for hydroxylation is 1. The van der Waals surface area contributed by atoms with E-state index in [0.29, 0.717) is 22.6 Å². The SMILES string of the molecule is CCC(=O)NS(=O)(=O)c1ccc(-c2c(-c3ccccc3)noc2C)cc1.O=C1CCC(N2C(=O)c3ccccc3C2=O)C(=O)N1. The Bertz CT molecular complexity index is 1880. The third-order valence-electron chi connectivity index (χ3n) is 7.28. The Kier molecular flexibility index (Phi) is 8.73. The number of carbonyl (C=O) groups is 5. The van der Waals surface area contributed by atoms with E-state index in [2.05, 4.69) is 10.5 Å². The number of rotatable bonds is 6. The number of imide groups is 2. The summed E-state index contributed by atoms with van der Waals surface area (Å²) in [7, 11) is -3.87. The van der Waals surface area contributed by atoms with Gasteiger partial charge in [-0.3, -0.25) is 34.2 Å². The highest BCUT2D eigenvalue weighted by Crippen LogP contribution is 2.34. The number of aromatic nitrogens is 1. The number of hydrogen-bond acceptors (Lipinski definition) is 9. The number of nitrogens with zero attached hydrogens (tertiary/aromatic N) is 2. The lowest BCUT2D eigenvalue weighted by molar-refractivity contribution is -0.136. The molecule has 1 saturated heterocycles. The first-order valence-corrected chi connectivity index (χ1v) is 15.5. The molecular formula is C32H28N4O8S. The first-order chi connectivity index (χ1) is 21.5. The molecular weight excluding hydrogens is 600 g/mol. The summed E-state index contributed by atoms with van der Waals surface area (Å²) in [6.07, 6.45) is 0.400. The van der Waals surface area contributed by atoms with Gasteiger partial charge in [0.1, 0.15) is 17.5 Å². The summed E-state index contributed by atoms with van der Waals surface area (Å²) in [6, 6.07) is 21.4. The van der Waals surface area contributed by atoms with Crippen molar-refractivity contribution in [3.05, 3.63) is 95.7 Å². The van der Waals surface area contributed by atoms with Crippen LogP contribution < -0.4 is 10.0 Å². The van der Waals surface area contributed by atoms with E-state index in [0.717, 1.165) is 21.6 Å². The van der Waals surface area contributed by atoms with E-state index in [1.54, 1.807) is 50.2 Å². The molecule has 0 bridgehead atoms. The zero-order chi connectivity index (χ0) is 32.3. The molecule has 1 unspecified atom stereocenters. The van der Waals surface area contributed by atoms with Crippen LogP contribution in [0.5, 0.6) is 0 Å². The molecule has 3 heterocycles. The largest absolute Gasteiger partial charge is 0.360 e. The molecule has 0 aliphatic carbocycles. The van der Waals surface area contributed by atoms with Crippen LogP contribution in [0.15, 0.2) is 88.3 Å². The van der Waals surface area contributed by atoms with Crippen molar-refractivity contribution < 1.29 is 36.9 Å². The number of benzene rings is 3. The molecule has 6 rings (SSSR count). The number of carbonyl (C=O) groups excluding carboxylic acids is 5. The molecule has 0 spiro atoms. The molecule has 1 aromatic heterocycles. The van der Waals surface area contributed by atoms with Gasteiger partial charge in [0, 0.05) is 18.4 Å². The highest BCUT2D eigenvalue weighted by atomic mass is 32.2. The predicted molar refractivity (Wildman–Crippen MR) is 161 cm³/mol. The van der Waals surface area contributed by atoms with Crippen molar-refractivity contribution in [3.63, 3.8) is 0 Å². The van der Waals surface area contributed by atoms with Crippen molar-refractivity contribution >= 4 is 39.6 Å². The van der Waals surface area contributed by atoms with Crippen LogP contribution in [-0.2, 0) is 24.4 Å². The van der Waals surface area contributed by atoms with E-state index in [9.17, 15) is 32.4 Å². The molecule has 12 nitrogen and oxygen atoms in total. The van der Waals surface area contributed by atoms with Crippen LogP contribution >= 0.6 is 0 Å². The van der Waals surface area contributed by atoms with Crippen molar-refractivity contribution in [1.82, 2.24) is 20.1 Å². The molecule has 0 radical (unpaired) electrons. The number of amides is 5. The minimum atomic E-state index is -3.87. The number of sulfonamides is 1. The Morgan fingerprint density at radius 3 is 2.09 bits per heavy atom. The fourth-order valence-corrected chi connectivity index (χ4v) is 6.06. The van der Waals surface area contributed by atoms with Crippen molar-refractivity contribution in [1.29, 1.82) is 0 Å². The molecule has 2 N–H and O–H groups in total. The van der Waals surface area contributed by atoms with Crippen LogP contribution in [0.1, 0.15) is 52.7 Å². The molecule has 230 valence electrons. The molecule has 45 heavy (non-hydrogen) atoms. The second-order valence-electron chi connectivity index (χ2n) is 10.2. The summed E-state index contributed by atoms with van der Waals surface area (Å²) in [6.45, 7) is 3.40. The average molecular weight is 629 g/mol. The molecule has 1 fully saturated rings. The first-order valence-electron chi connectivity index (χ1n) is 14.0. The Morgan fingerprint density at radius 2 is 1.51 bits per heavy atom. The third kappa shape index (κ3) is 6.29. The molecule has 3 aromatic carbocycles. The summed E-state index contributed by atoms with van der Waals surface area (Å²) in [5.41, 5.74) is 3.79. The van der Waals surface area contributed by atoms with Crippen molar-refractivity contribution in [3.8, 4) is 22.4 Å². The number of fused-ring (bicyclic) bond motifs is 1. The molecule has 1 atom stereocenters. The van der Waals surface area contributed by atoms with Gasteiger partial charge in [-0.15, -0.1) is 0 Å². The molecule has 5 amide bonds. The second-order valence-corrected chi connectivity index (χ2v) is 11.9. The van der Waals surface area contributed by atoms with Gasteiger partial charge in [0.15, 0.2) is 0 Å². The zero-order valence-corrected chi connectivity index (χ0v) is 25.1. The van der Waals surface area contributed by atoms with E-state index in [-0.39, 0.29) is 30.1 Å². The number of hydrogen-bond donors (Lipinski definition) is 2. The van der Waals surface area contributed by atoms with E-state index < -0.39 is 39.7 Å². The maximum absolute atomic E-state index is 12.2. The van der Waals surface area contributed by atoms with Gasteiger partial charge in [-0.25, -0.2) is 13.1 Å². The summed E-state index contributed by atoms with van der Waals surface area (Å²) < 4.78 is 31.8. The Morgan fingerprint density at radius 1 is 0.911 bits per heavy atom. The van der Waals surface area contributed by atoms with Crippen LogP contribution in [0.3, 0.4) is 0 Å². The maximum atomic E-state index is 12.2. The van der Waals surface area contributed by atoms with Crippen molar-refractivity contribution in [2.45, 2.75) is 44.0 Å². The van der Waals surface area contributed by atoms with Gasteiger partial charge < -0.3 is 4.52 Å². The van der Waals surface area contributed by atoms with Crippen LogP contribution in [0.25, 0.3) is 22.4 Å². The highest BCUT2D eigenvalue weighted by molar-refractivity contribution is 7.90. The number of piperidine rings is 1. The van der Waals surface area contributed by atoms with Crippen molar-refractivity contribution in [2.75, 3.05) is 0 Å². The highest BCUT2D eigenvalue weighted by Gasteiger charge is 2.44. The minimum absolute atomic E-state index is 0.0263. The molecule has 0 saturated carbocycles. The lowest BCUT2D eigenvalue weighted by Gasteiger charge is -2.27. The van der Waals surface area contributed by atoms with E-state index in [4.69, 9.17) is 4.52 Å². The molecule has 13 heteroatoms. The molecule has 2 aliphatic rings. The lowest BCUT2D eigenvalue weighted by atomic mass is 10.00. The summed E-state index contributed by atoms with van der Waals surface area (Å²) in [5.74, 6) is -1.83. The minimum Gasteiger partial charge on any atom is -0.360 e. The summed E-state index contributed by atoms with van der Waals surface area (Å²) in [5, 5.41) is 6.28. The van der Waals surface area contributed by atoms with Gasteiger partial charge >= 0.3 is 0 Å². The standard InChI is InChI=1S/C19H18N2O4S.C13H10N2O4/c1-3-17(22)21-26(23,24)16-11-9-14(10-12-16)18-13(2)25-20-19(18)15-7-5-4-6-8-15;16-10-6-5-9(11(17)14-10)15-12(18)7-3-1-2-4-8(7)13(15)19/h4-12H,3H2,1-2H3,(H,21,22);1-4,9H,5-6H2,(H,14,16,17). The first kappa shape index (κ1) is 31.0.